The number of nitrogens with two attached hydrogens (primary N) is 1. The average Bonchev–Trinajstić information content (AvgIpc) is 2.70. The maximum Gasteiger partial charge on any atom is 0.330 e. The van der Waals surface area contributed by atoms with Crippen LogP contribution >= 0.6 is 0 Å². The quantitative estimate of drug-likeness (QED) is 0.426. The molecule has 0 aromatic heterocycles. The molecule has 4 nitrogen and oxygen atoms in total. The Morgan fingerprint density at radius 3 is 2.37 bits per heavy atom. The zero-order valence-corrected chi connectivity index (χ0v) is 18.7. The number of carbonyl (C=O) groups excluding carboxylic acids is 1. The lowest BCUT2D eigenvalue weighted by molar-refractivity contribution is -0.137. The summed E-state index contributed by atoms with van der Waals surface area (Å²) in [5, 5.41) is 11.3. The summed E-state index contributed by atoms with van der Waals surface area (Å²) in [6.07, 6.45) is 5.26. The molecule has 0 fully saturated rings. The largest absolute Gasteiger partial charge is 0.463 e. The summed E-state index contributed by atoms with van der Waals surface area (Å²) in [5.74, 6) is -0.398. The molecule has 3 rings (SSSR count). The minimum absolute atomic E-state index is 0.0289. The molecule has 0 saturated carbocycles. The number of hydrogen-bond donors (Lipinski definition) is 2. The Morgan fingerprint density at radius 1 is 1.07 bits per heavy atom. The molecule has 0 spiro atoms. The number of esters is 1. The predicted octanol–water partition coefficient (Wildman–Crippen LogP) is 4.76. The van der Waals surface area contributed by atoms with Crippen LogP contribution in [-0.2, 0) is 26.1 Å². The molecule has 0 radical (unpaired) electrons. The van der Waals surface area contributed by atoms with Crippen molar-refractivity contribution < 1.29 is 14.6 Å². The Balaban J connectivity index is 1.98. The van der Waals surface area contributed by atoms with Crippen molar-refractivity contribution in [1.82, 2.24) is 0 Å². The van der Waals surface area contributed by atoms with E-state index in [0.29, 0.717) is 17.7 Å². The van der Waals surface area contributed by atoms with Gasteiger partial charge in [0.25, 0.3) is 0 Å². The molecule has 0 aliphatic heterocycles. The first kappa shape index (κ1) is 22.3. The second-order valence-corrected chi connectivity index (χ2v) is 9.51. The Morgan fingerprint density at radius 2 is 1.70 bits per heavy atom. The molecule has 160 valence electrons. The van der Waals surface area contributed by atoms with Gasteiger partial charge in [0.2, 0.25) is 0 Å². The van der Waals surface area contributed by atoms with Crippen LogP contribution in [0.1, 0.15) is 75.3 Å². The minimum atomic E-state index is -1.64. The van der Waals surface area contributed by atoms with Gasteiger partial charge >= 0.3 is 5.97 Å². The van der Waals surface area contributed by atoms with Gasteiger partial charge in [0, 0.05) is 17.2 Å². The van der Waals surface area contributed by atoms with Crippen LogP contribution in [0.25, 0.3) is 6.08 Å². The molecule has 3 N–H and O–H groups in total. The summed E-state index contributed by atoms with van der Waals surface area (Å²) in [5.41, 5.74) is 9.53. The van der Waals surface area contributed by atoms with Crippen molar-refractivity contribution in [2.45, 2.75) is 64.0 Å². The molecule has 30 heavy (non-hydrogen) atoms. The maximum atomic E-state index is 11.6. The number of ether oxygens (including phenoxy) is 1. The number of fused-ring (bicyclic) bond motifs is 1. The highest BCUT2D eigenvalue weighted by Crippen LogP contribution is 2.46. The fourth-order valence-corrected chi connectivity index (χ4v) is 4.23. The van der Waals surface area contributed by atoms with E-state index in [4.69, 9.17) is 10.5 Å². The van der Waals surface area contributed by atoms with Crippen molar-refractivity contribution in [2.24, 2.45) is 5.73 Å². The summed E-state index contributed by atoms with van der Waals surface area (Å²) in [7, 11) is 0. The third-order valence-corrected chi connectivity index (χ3v) is 6.32. The van der Waals surface area contributed by atoms with E-state index in [1.165, 1.54) is 17.2 Å². The smallest absolute Gasteiger partial charge is 0.330 e. The first-order valence-electron chi connectivity index (χ1n) is 10.6. The number of benzene rings is 2. The molecule has 0 saturated heterocycles. The van der Waals surface area contributed by atoms with Crippen LogP contribution < -0.4 is 5.73 Å². The Labute approximate surface area is 179 Å². The summed E-state index contributed by atoms with van der Waals surface area (Å²) in [6, 6.07) is 13.4. The van der Waals surface area contributed by atoms with Crippen molar-refractivity contribution in [2.75, 3.05) is 6.61 Å². The van der Waals surface area contributed by atoms with E-state index in [1.807, 2.05) is 18.2 Å². The van der Waals surface area contributed by atoms with Crippen molar-refractivity contribution in [3.8, 4) is 0 Å². The zero-order valence-electron chi connectivity index (χ0n) is 18.7. The number of aliphatic hydroxyl groups is 1. The van der Waals surface area contributed by atoms with Gasteiger partial charge in [-0.2, -0.15) is 0 Å². The van der Waals surface area contributed by atoms with E-state index in [1.54, 1.807) is 25.1 Å². The van der Waals surface area contributed by atoms with Crippen LogP contribution in [0, 0.1) is 0 Å². The van der Waals surface area contributed by atoms with Crippen molar-refractivity contribution in [3.63, 3.8) is 0 Å². The summed E-state index contributed by atoms with van der Waals surface area (Å²) in [6.45, 7) is 11.1. The number of carbonyl (C=O) groups is 1. The van der Waals surface area contributed by atoms with Gasteiger partial charge in [0.1, 0.15) is 0 Å². The first-order chi connectivity index (χ1) is 14.0. The van der Waals surface area contributed by atoms with Crippen LogP contribution in [0.5, 0.6) is 0 Å². The molecule has 0 heterocycles. The Kier molecular flexibility index (Phi) is 5.94. The fraction of sp³-hybridized carbons (Fsp3) is 0.423. The summed E-state index contributed by atoms with van der Waals surface area (Å²) >= 11 is 0. The van der Waals surface area contributed by atoms with Gasteiger partial charge in [-0.1, -0.05) is 64.1 Å². The van der Waals surface area contributed by atoms with E-state index < -0.39 is 11.7 Å². The van der Waals surface area contributed by atoms with Gasteiger partial charge < -0.3 is 9.84 Å². The van der Waals surface area contributed by atoms with Crippen LogP contribution in [-0.4, -0.2) is 17.7 Å². The molecule has 1 aliphatic rings. The van der Waals surface area contributed by atoms with Gasteiger partial charge in [-0.3, -0.25) is 5.73 Å². The van der Waals surface area contributed by atoms with E-state index in [2.05, 4.69) is 39.8 Å². The molecule has 2 aromatic carbocycles. The molecule has 1 unspecified atom stereocenters. The SMILES string of the molecule is CCOC(=O)/C=C/c1cccc(C(N)(O)c2ccc3c(c2)C(C)(C)CCC3(C)C)c1. The van der Waals surface area contributed by atoms with Crippen LogP contribution in [0.4, 0.5) is 0 Å². The van der Waals surface area contributed by atoms with E-state index in [0.717, 1.165) is 18.4 Å². The predicted molar refractivity (Wildman–Crippen MR) is 121 cm³/mol. The average molecular weight is 408 g/mol. The normalized spacial score (nSPS) is 19.2. The van der Waals surface area contributed by atoms with E-state index >= 15 is 0 Å². The van der Waals surface area contributed by atoms with Gasteiger partial charge in [-0.05, 0) is 59.4 Å². The summed E-state index contributed by atoms with van der Waals surface area (Å²) in [4.78, 5) is 11.6. The molecular formula is C26H33NO3. The lowest BCUT2D eigenvalue weighted by Crippen LogP contribution is -2.39. The van der Waals surface area contributed by atoms with Gasteiger partial charge in [-0.15, -0.1) is 0 Å². The number of hydrogen-bond acceptors (Lipinski definition) is 4. The third-order valence-electron chi connectivity index (χ3n) is 6.32. The second kappa shape index (κ2) is 8.01. The molecule has 1 aliphatic carbocycles. The van der Waals surface area contributed by atoms with Crippen LogP contribution in [0.2, 0.25) is 0 Å². The molecule has 4 heteroatoms. The van der Waals surface area contributed by atoms with Gasteiger partial charge in [0.15, 0.2) is 5.72 Å². The van der Waals surface area contributed by atoms with Crippen molar-refractivity contribution >= 4 is 12.0 Å². The van der Waals surface area contributed by atoms with Gasteiger partial charge in [0.05, 0.1) is 6.61 Å². The summed E-state index contributed by atoms with van der Waals surface area (Å²) < 4.78 is 4.92. The third kappa shape index (κ3) is 4.35. The molecular weight excluding hydrogens is 374 g/mol. The highest BCUT2D eigenvalue weighted by Gasteiger charge is 2.38. The van der Waals surface area contributed by atoms with Crippen LogP contribution in [0.3, 0.4) is 0 Å². The minimum Gasteiger partial charge on any atom is -0.463 e. The highest BCUT2D eigenvalue weighted by atomic mass is 16.5. The zero-order chi connectivity index (χ0) is 22.2. The lowest BCUT2D eigenvalue weighted by Gasteiger charge is -2.42. The lowest BCUT2D eigenvalue weighted by atomic mass is 9.62. The monoisotopic (exact) mass is 407 g/mol. The fourth-order valence-electron chi connectivity index (χ4n) is 4.23. The molecule has 1 atom stereocenters. The standard InChI is InChI=1S/C26H33NO3/c1-6-30-23(28)13-10-18-8-7-9-19(16-18)26(27,29)20-11-12-21-22(17-20)25(4,5)15-14-24(21,2)3/h7-13,16-17,29H,6,14-15,27H2,1-5H3/b13-10+. The maximum absolute atomic E-state index is 11.6. The van der Waals surface area contributed by atoms with E-state index in [9.17, 15) is 9.90 Å². The number of rotatable bonds is 5. The second-order valence-electron chi connectivity index (χ2n) is 9.51. The van der Waals surface area contributed by atoms with Gasteiger partial charge in [-0.25, -0.2) is 4.79 Å². The Bertz CT molecular complexity index is 970. The Hall–Kier alpha value is -2.43. The highest BCUT2D eigenvalue weighted by molar-refractivity contribution is 5.87. The van der Waals surface area contributed by atoms with Crippen molar-refractivity contribution in [1.29, 1.82) is 0 Å². The van der Waals surface area contributed by atoms with Crippen molar-refractivity contribution in [3.05, 3.63) is 76.4 Å². The molecule has 2 aromatic rings. The van der Waals surface area contributed by atoms with E-state index in [-0.39, 0.29) is 10.8 Å². The van der Waals surface area contributed by atoms with Crippen LogP contribution in [0.15, 0.2) is 48.5 Å². The molecule has 0 bridgehead atoms. The topological polar surface area (TPSA) is 72.5 Å². The molecule has 0 amide bonds. The first-order valence-corrected chi connectivity index (χ1v) is 10.6.